The summed E-state index contributed by atoms with van der Waals surface area (Å²) in [6.45, 7) is 5.21. The van der Waals surface area contributed by atoms with E-state index >= 15 is 0 Å². The summed E-state index contributed by atoms with van der Waals surface area (Å²) in [5, 5.41) is 3.41. The number of hydrogen-bond donors (Lipinski definition) is 2. The maximum absolute atomic E-state index is 6.03. The van der Waals surface area contributed by atoms with Gasteiger partial charge in [-0.3, -0.25) is 0 Å². The van der Waals surface area contributed by atoms with Crippen molar-refractivity contribution < 1.29 is 0 Å². The molecule has 1 aromatic heterocycles. The van der Waals surface area contributed by atoms with Gasteiger partial charge in [-0.25, -0.2) is 9.97 Å². The second-order valence-electron chi connectivity index (χ2n) is 5.55. The molecule has 1 aromatic rings. The van der Waals surface area contributed by atoms with Crippen molar-refractivity contribution in [1.82, 2.24) is 9.97 Å². The van der Waals surface area contributed by atoms with Crippen molar-refractivity contribution in [3.8, 4) is 0 Å². The predicted molar refractivity (Wildman–Crippen MR) is 79.2 cm³/mol. The van der Waals surface area contributed by atoms with Crippen LogP contribution < -0.4 is 11.1 Å². The maximum Gasteiger partial charge on any atom is 0.223 e. The Labute approximate surface area is 116 Å². The fourth-order valence-electron chi connectivity index (χ4n) is 2.75. The third kappa shape index (κ3) is 4.16. The van der Waals surface area contributed by atoms with Crippen LogP contribution in [0.3, 0.4) is 0 Å². The summed E-state index contributed by atoms with van der Waals surface area (Å²) in [5.74, 6) is 1.46. The first-order valence-electron chi connectivity index (χ1n) is 7.57. The first-order chi connectivity index (χ1) is 9.21. The van der Waals surface area contributed by atoms with Crippen LogP contribution in [0.2, 0.25) is 0 Å². The van der Waals surface area contributed by atoms with Gasteiger partial charge >= 0.3 is 0 Å². The summed E-state index contributed by atoms with van der Waals surface area (Å²) in [7, 11) is 0. The Hall–Kier alpha value is -1.16. The first kappa shape index (κ1) is 14.3. The van der Waals surface area contributed by atoms with Crippen LogP contribution in [0.1, 0.15) is 50.9 Å². The molecule has 2 rings (SSSR count). The van der Waals surface area contributed by atoms with Crippen LogP contribution in [0.15, 0.2) is 6.07 Å². The molecule has 2 atom stereocenters. The molecule has 0 saturated heterocycles. The second-order valence-corrected chi connectivity index (χ2v) is 5.55. The zero-order chi connectivity index (χ0) is 13.7. The van der Waals surface area contributed by atoms with Crippen LogP contribution >= 0.6 is 0 Å². The van der Waals surface area contributed by atoms with Crippen LogP contribution in [-0.2, 0) is 12.8 Å². The predicted octanol–water partition coefficient (Wildman–Crippen LogP) is 2.53. The van der Waals surface area contributed by atoms with E-state index in [1.54, 1.807) is 0 Å². The maximum atomic E-state index is 6.03. The highest BCUT2D eigenvalue weighted by Crippen LogP contribution is 2.23. The largest absolute Gasteiger partial charge is 0.354 e. The van der Waals surface area contributed by atoms with Crippen molar-refractivity contribution in [2.75, 3.05) is 11.9 Å². The zero-order valence-electron chi connectivity index (χ0n) is 12.2. The van der Waals surface area contributed by atoms with E-state index in [1.807, 2.05) is 0 Å². The molecule has 1 aliphatic rings. The molecule has 0 amide bonds. The molecular formula is C15H26N4. The molecule has 0 aliphatic heterocycles. The SMILES string of the molecule is CCc1cc(CC)nc(NCC2CCCC(N)C2)n1. The fourth-order valence-corrected chi connectivity index (χ4v) is 2.75. The molecule has 4 heteroatoms. The van der Waals surface area contributed by atoms with Crippen molar-refractivity contribution in [3.05, 3.63) is 17.5 Å². The average molecular weight is 262 g/mol. The molecule has 1 aliphatic carbocycles. The summed E-state index contributed by atoms with van der Waals surface area (Å²) in [4.78, 5) is 9.10. The summed E-state index contributed by atoms with van der Waals surface area (Å²) in [5.41, 5.74) is 8.27. The molecule has 19 heavy (non-hydrogen) atoms. The van der Waals surface area contributed by atoms with Gasteiger partial charge < -0.3 is 11.1 Å². The average Bonchev–Trinajstić information content (AvgIpc) is 2.44. The third-order valence-electron chi connectivity index (χ3n) is 3.93. The lowest BCUT2D eigenvalue weighted by Crippen LogP contribution is -2.31. The standard InChI is InChI=1S/C15H26N4/c1-3-13-9-14(4-2)19-15(18-13)17-10-11-6-5-7-12(16)8-11/h9,11-12H,3-8,10,16H2,1-2H3,(H,17,18,19). The number of nitrogens with one attached hydrogen (secondary N) is 1. The molecule has 0 radical (unpaired) electrons. The van der Waals surface area contributed by atoms with E-state index in [4.69, 9.17) is 5.73 Å². The Morgan fingerprint density at radius 3 is 2.47 bits per heavy atom. The number of hydrogen-bond acceptors (Lipinski definition) is 4. The Morgan fingerprint density at radius 1 is 1.21 bits per heavy atom. The molecule has 0 aromatic carbocycles. The Kier molecular flexibility index (Phi) is 5.14. The molecule has 106 valence electrons. The Morgan fingerprint density at radius 2 is 1.89 bits per heavy atom. The van der Waals surface area contributed by atoms with Crippen molar-refractivity contribution in [1.29, 1.82) is 0 Å². The fraction of sp³-hybridized carbons (Fsp3) is 0.733. The van der Waals surface area contributed by atoms with Crippen LogP contribution in [0.5, 0.6) is 0 Å². The summed E-state index contributed by atoms with van der Waals surface area (Å²) < 4.78 is 0. The highest BCUT2D eigenvalue weighted by Gasteiger charge is 2.19. The minimum Gasteiger partial charge on any atom is -0.354 e. The second kappa shape index (κ2) is 6.85. The first-order valence-corrected chi connectivity index (χ1v) is 7.57. The van der Waals surface area contributed by atoms with E-state index in [-0.39, 0.29) is 0 Å². The Balaban J connectivity index is 1.94. The van der Waals surface area contributed by atoms with Gasteiger partial charge in [0.25, 0.3) is 0 Å². The number of aryl methyl sites for hydroxylation is 2. The zero-order valence-corrected chi connectivity index (χ0v) is 12.2. The quantitative estimate of drug-likeness (QED) is 0.856. The van der Waals surface area contributed by atoms with Gasteiger partial charge in [-0.15, -0.1) is 0 Å². The van der Waals surface area contributed by atoms with Crippen LogP contribution in [0.4, 0.5) is 5.95 Å². The van der Waals surface area contributed by atoms with Crippen molar-refractivity contribution in [2.45, 2.75) is 58.4 Å². The van der Waals surface area contributed by atoms with Gasteiger partial charge in [0.1, 0.15) is 0 Å². The van der Waals surface area contributed by atoms with Crippen molar-refractivity contribution >= 4 is 5.95 Å². The molecule has 0 bridgehead atoms. The lowest BCUT2D eigenvalue weighted by atomic mass is 9.86. The number of nitrogens with two attached hydrogens (primary N) is 1. The topological polar surface area (TPSA) is 63.8 Å². The number of aromatic nitrogens is 2. The normalized spacial score (nSPS) is 23.3. The highest BCUT2D eigenvalue weighted by molar-refractivity contribution is 5.28. The number of nitrogens with zero attached hydrogens (tertiary/aromatic N) is 2. The van der Waals surface area contributed by atoms with E-state index in [0.717, 1.165) is 43.1 Å². The molecular weight excluding hydrogens is 236 g/mol. The van der Waals surface area contributed by atoms with E-state index in [0.29, 0.717) is 12.0 Å². The smallest absolute Gasteiger partial charge is 0.223 e. The molecule has 1 fully saturated rings. The minimum absolute atomic E-state index is 0.384. The third-order valence-corrected chi connectivity index (χ3v) is 3.93. The van der Waals surface area contributed by atoms with Crippen LogP contribution in [0, 0.1) is 5.92 Å². The summed E-state index contributed by atoms with van der Waals surface area (Å²) in [6, 6.07) is 2.48. The lowest BCUT2D eigenvalue weighted by Gasteiger charge is -2.26. The van der Waals surface area contributed by atoms with Crippen LogP contribution in [-0.4, -0.2) is 22.6 Å². The summed E-state index contributed by atoms with van der Waals surface area (Å²) >= 11 is 0. The Bertz CT molecular complexity index is 383. The van der Waals surface area contributed by atoms with E-state index < -0.39 is 0 Å². The molecule has 0 spiro atoms. The van der Waals surface area contributed by atoms with Gasteiger partial charge in [-0.05, 0) is 44.1 Å². The molecule has 1 heterocycles. The van der Waals surface area contributed by atoms with Crippen molar-refractivity contribution in [2.24, 2.45) is 11.7 Å². The lowest BCUT2D eigenvalue weighted by molar-refractivity contribution is 0.334. The van der Waals surface area contributed by atoms with E-state index in [9.17, 15) is 0 Å². The molecule has 2 unspecified atom stereocenters. The van der Waals surface area contributed by atoms with Gasteiger partial charge in [0.2, 0.25) is 5.95 Å². The number of rotatable bonds is 5. The summed E-state index contributed by atoms with van der Waals surface area (Å²) in [6.07, 6.45) is 6.74. The highest BCUT2D eigenvalue weighted by atomic mass is 15.1. The minimum atomic E-state index is 0.384. The van der Waals surface area contributed by atoms with Crippen molar-refractivity contribution in [3.63, 3.8) is 0 Å². The van der Waals surface area contributed by atoms with Gasteiger partial charge in [-0.2, -0.15) is 0 Å². The van der Waals surface area contributed by atoms with E-state index in [1.165, 1.54) is 19.3 Å². The monoisotopic (exact) mass is 262 g/mol. The van der Waals surface area contributed by atoms with Gasteiger partial charge in [0, 0.05) is 24.0 Å². The van der Waals surface area contributed by atoms with Crippen LogP contribution in [0.25, 0.3) is 0 Å². The molecule has 3 N–H and O–H groups in total. The van der Waals surface area contributed by atoms with Gasteiger partial charge in [0.05, 0.1) is 0 Å². The van der Waals surface area contributed by atoms with Gasteiger partial charge in [-0.1, -0.05) is 20.3 Å². The van der Waals surface area contributed by atoms with E-state index in [2.05, 4.69) is 35.2 Å². The molecule has 4 nitrogen and oxygen atoms in total. The van der Waals surface area contributed by atoms with Gasteiger partial charge in [0.15, 0.2) is 0 Å². The number of anilines is 1. The molecule has 1 saturated carbocycles.